The van der Waals surface area contributed by atoms with Crippen molar-refractivity contribution in [1.29, 1.82) is 0 Å². The van der Waals surface area contributed by atoms with E-state index in [2.05, 4.69) is 51.9 Å². The maximum absolute atomic E-state index is 5.93. The van der Waals surface area contributed by atoms with Gasteiger partial charge in [0.25, 0.3) is 0 Å². The molecule has 0 bridgehead atoms. The van der Waals surface area contributed by atoms with Gasteiger partial charge in [-0.1, -0.05) is 53.7 Å². The summed E-state index contributed by atoms with van der Waals surface area (Å²) in [5.41, 5.74) is 2.11. The second-order valence-corrected chi connectivity index (χ2v) is 7.10. The van der Waals surface area contributed by atoms with Gasteiger partial charge in [-0.2, -0.15) is 4.98 Å². The van der Waals surface area contributed by atoms with E-state index in [0.717, 1.165) is 47.0 Å². The molecule has 0 aliphatic carbocycles. The Morgan fingerprint density at radius 2 is 1.83 bits per heavy atom. The quantitative estimate of drug-likeness (QED) is 0.485. The van der Waals surface area contributed by atoms with Gasteiger partial charge in [0, 0.05) is 5.56 Å². The van der Waals surface area contributed by atoms with Crippen LogP contribution < -0.4 is 10.1 Å². The third-order valence-electron chi connectivity index (χ3n) is 5.12. The third-order valence-corrected chi connectivity index (χ3v) is 5.12. The molecular formula is C23H22ClN3O2. The van der Waals surface area contributed by atoms with E-state index in [1.165, 1.54) is 0 Å². The minimum atomic E-state index is 0. The number of benzene rings is 3. The summed E-state index contributed by atoms with van der Waals surface area (Å²) in [6.07, 6.45) is 2.19. The maximum Gasteiger partial charge on any atom is 0.244 e. The summed E-state index contributed by atoms with van der Waals surface area (Å²) in [4.78, 5) is 4.58. The van der Waals surface area contributed by atoms with Crippen LogP contribution in [-0.4, -0.2) is 16.7 Å². The number of fused-ring (bicyclic) bond motifs is 1. The molecule has 1 saturated heterocycles. The summed E-state index contributed by atoms with van der Waals surface area (Å²) in [7, 11) is 0. The van der Waals surface area contributed by atoms with Crippen LogP contribution in [0.3, 0.4) is 0 Å². The molecule has 1 aliphatic heterocycles. The topological polar surface area (TPSA) is 60.2 Å². The van der Waals surface area contributed by atoms with Crippen LogP contribution in [0.25, 0.3) is 22.2 Å². The second-order valence-electron chi connectivity index (χ2n) is 7.10. The predicted octanol–water partition coefficient (Wildman–Crippen LogP) is 5.32. The van der Waals surface area contributed by atoms with Crippen LogP contribution >= 0.6 is 12.4 Å². The summed E-state index contributed by atoms with van der Waals surface area (Å²) < 4.78 is 11.4. The highest BCUT2D eigenvalue weighted by Crippen LogP contribution is 2.28. The molecule has 1 atom stereocenters. The molecular weight excluding hydrogens is 386 g/mol. The zero-order chi connectivity index (χ0) is 18.8. The average Bonchev–Trinajstić information content (AvgIpc) is 3.44. The minimum absolute atomic E-state index is 0. The summed E-state index contributed by atoms with van der Waals surface area (Å²) in [6, 6.07) is 22.7. The second kappa shape index (κ2) is 8.64. The number of halogens is 1. The number of hydrogen-bond acceptors (Lipinski definition) is 5. The lowest BCUT2D eigenvalue weighted by Gasteiger charge is -2.08. The molecule has 0 amide bonds. The molecule has 6 heteroatoms. The highest BCUT2D eigenvalue weighted by atomic mass is 35.5. The van der Waals surface area contributed by atoms with Crippen LogP contribution in [0.15, 0.2) is 71.3 Å². The first-order valence-electron chi connectivity index (χ1n) is 9.63. The van der Waals surface area contributed by atoms with Gasteiger partial charge in [0.2, 0.25) is 11.7 Å². The van der Waals surface area contributed by atoms with Crippen LogP contribution in [0, 0.1) is 0 Å². The first-order chi connectivity index (χ1) is 13.8. The molecule has 1 aliphatic rings. The minimum Gasteiger partial charge on any atom is -0.489 e. The van der Waals surface area contributed by atoms with Crippen molar-refractivity contribution >= 4 is 23.2 Å². The van der Waals surface area contributed by atoms with Gasteiger partial charge in [-0.05, 0) is 53.9 Å². The van der Waals surface area contributed by atoms with Crippen molar-refractivity contribution in [3.63, 3.8) is 0 Å². The van der Waals surface area contributed by atoms with Gasteiger partial charge in [-0.15, -0.1) is 12.4 Å². The fourth-order valence-electron chi connectivity index (χ4n) is 3.58. The van der Waals surface area contributed by atoms with Crippen molar-refractivity contribution in [2.75, 3.05) is 6.54 Å². The molecule has 148 valence electrons. The van der Waals surface area contributed by atoms with Gasteiger partial charge in [0.05, 0.1) is 6.04 Å². The molecule has 3 aromatic carbocycles. The van der Waals surface area contributed by atoms with Gasteiger partial charge in [-0.3, -0.25) is 0 Å². The van der Waals surface area contributed by atoms with Crippen molar-refractivity contribution in [2.45, 2.75) is 25.5 Å². The zero-order valence-electron chi connectivity index (χ0n) is 15.9. The van der Waals surface area contributed by atoms with Crippen molar-refractivity contribution in [1.82, 2.24) is 15.5 Å². The summed E-state index contributed by atoms with van der Waals surface area (Å²) in [5, 5.41) is 9.80. The number of nitrogens with one attached hydrogen (secondary N) is 1. The molecule has 5 rings (SSSR count). The number of ether oxygens (including phenoxy) is 1. The fraction of sp³-hybridized carbons (Fsp3) is 0.217. The number of rotatable bonds is 5. The maximum atomic E-state index is 5.93. The van der Waals surface area contributed by atoms with Crippen LogP contribution in [0.5, 0.6) is 5.75 Å². The normalized spacial score (nSPS) is 15.9. The molecule has 0 saturated carbocycles. The molecule has 2 heterocycles. The van der Waals surface area contributed by atoms with Gasteiger partial charge in [0.1, 0.15) is 12.4 Å². The van der Waals surface area contributed by atoms with Gasteiger partial charge in [-0.25, -0.2) is 0 Å². The zero-order valence-corrected chi connectivity index (χ0v) is 16.7. The van der Waals surface area contributed by atoms with Gasteiger partial charge in [0.15, 0.2) is 0 Å². The average molecular weight is 408 g/mol. The van der Waals surface area contributed by atoms with E-state index >= 15 is 0 Å². The van der Waals surface area contributed by atoms with Crippen molar-refractivity contribution in [2.24, 2.45) is 0 Å². The summed E-state index contributed by atoms with van der Waals surface area (Å²) in [6.45, 7) is 1.57. The molecule has 1 fully saturated rings. The van der Waals surface area contributed by atoms with Crippen LogP contribution in [0.4, 0.5) is 0 Å². The van der Waals surface area contributed by atoms with E-state index in [4.69, 9.17) is 9.26 Å². The SMILES string of the molecule is Cl.c1ccc(COc2ccc3cc(-c4noc(C5CCCN5)n4)ccc3c2)cc1. The predicted molar refractivity (Wildman–Crippen MR) is 115 cm³/mol. The van der Waals surface area contributed by atoms with Crippen LogP contribution in [-0.2, 0) is 6.61 Å². The lowest BCUT2D eigenvalue weighted by molar-refractivity contribution is 0.306. The van der Waals surface area contributed by atoms with Crippen molar-refractivity contribution < 1.29 is 9.26 Å². The Bertz CT molecular complexity index is 1090. The summed E-state index contributed by atoms with van der Waals surface area (Å²) >= 11 is 0. The lowest BCUT2D eigenvalue weighted by Crippen LogP contribution is -2.12. The Morgan fingerprint density at radius 1 is 1.00 bits per heavy atom. The monoisotopic (exact) mass is 407 g/mol. The van der Waals surface area contributed by atoms with E-state index in [-0.39, 0.29) is 18.4 Å². The Morgan fingerprint density at radius 3 is 2.66 bits per heavy atom. The van der Waals surface area contributed by atoms with Crippen LogP contribution in [0.1, 0.15) is 30.3 Å². The van der Waals surface area contributed by atoms with Gasteiger partial charge < -0.3 is 14.6 Å². The largest absolute Gasteiger partial charge is 0.489 e. The van der Waals surface area contributed by atoms with E-state index in [9.17, 15) is 0 Å². The van der Waals surface area contributed by atoms with Crippen LogP contribution in [0.2, 0.25) is 0 Å². The Balaban J connectivity index is 0.00000205. The number of hydrogen-bond donors (Lipinski definition) is 1. The molecule has 5 nitrogen and oxygen atoms in total. The number of nitrogens with zero attached hydrogens (tertiary/aromatic N) is 2. The Labute approximate surface area is 175 Å². The van der Waals surface area contributed by atoms with Gasteiger partial charge >= 0.3 is 0 Å². The highest BCUT2D eigenvalue weighted by molar-refractivity contribution is 5.87. The van der Waals surface area contributed by atoms with E-state index in [0.29, 0.717) is 18.3 Å². The molecule has 0 radical (unpaired) electrons. The first-order valence-corrected chi connectivity index (χ1v) is 9.63. The third kappa shape index (κ3) is 4.26. The van der Waals surface area contributed by atoms with E-state index in [1.54, 1.807) is 0 Å². The molecule has 1 unspecified atom stereocenters. The highest BCUT2D eigenvalue weighted by Gasteiger charge is 2.22. The van der Waals surface area contributed by atoms with Crippen molar-refractivity contribution in [3.8, 4) is 17.1 Å². The summed E-state index contributed by atoms with van der Waals surface area (Å²) in [5.74, 6) is 2.17. The standard InChI is InChI=1S/C23H21N3O2.ClH/c1-2-5-16(6-3-1)15-27-20-11-10-17-13-19(9-8-18(17)14-20)22-25-23(28-26-22)21-7-4-12-24-21;/h1-3,5-6,8-11,13-14,21,24H,4,7,12,15H2;1H. The first kappa shape index (κ1) is 19.4. The van der Waals surface area contributed by atoms with E-state index in [1.807, 2.05) is 30.3 Å². The lowest BCUT2D eigenvalue weighted by atomic mass is 10.1. The Kier molecular flexibility index (Phi) is 5.79. The molecule has 29 heavy (non-hydrogen) atoms. The number of aromatic nitrogens is 2. The van der Waals surface area contributed by atoms with Crippen molar-refractivity contribution in [3.05, 3.63) is 78.2 Å². The Hall–Kier alpha value is -2.89. The van der Waals surface area contributed by atoms with E-state index < -0.39 is 0 Å². The smallest absolute Gasteiger partial charge is 0.244 e. The molecule has 1 aromatic heterocycles. The fourth-order valence-corrected chi connectivity index (χ4v) is 3.58. The molecule has 0 spiro atoms. The molecule has 4 aromatic rings. The molecule has 1 N–H and O–H groups in total.